The van der Waals surface area contributed by atoms with E-state index in [0.29, 0.717) is 15.5 Å². The number of rotatable bonds is 1. The predicted octanol–water partition coefficient (Wildman–Crippen LogP) is 1.61. The van der Waals surface area contributed by atoms with Crippen LogP contribution in [0.2, 0.25) is 0 Å². The molecule has 1 aromatic carbocycles. The Morgan fingerprint density at radius 1 is 1.35 bits per heavy atom. The average molecular weight is 243 g/mol. The van der Waals surface area contributed by atoms with Crippen LogP contribution in [0, 0.1) is 0 Å². The van der Waals surface area contributed by atoms with Crippen molar-refractivity contribution in [1.29, 1.82) is 0 Å². The second-order valence-electron chi connectivity index (χ2n) is 3.76. The van der Waals surface area contributed by atoms with E-state index in [0.717, 1.165) is 16.9 Å². The van der Waals surface area contributed by atoms with Crippen LogP contribution in [0.25, 0.3) is 17.7 Å². The molecule has 0 bridgehead atoms. The summed E-state index contributed by atoms with van der Waals surface area (Å²) >= 11 is 1.41. The molecule has 0 N–H and O–H groups in total. The second-order valence-corrected chi connectivity index (χ2v) is 4.68. The monoisotopic (exact) mass is 243 g/mol. The van der Waals surface area contributed by atoms with E-state index < -0.39 is 0 Å². The van der Waals surface area contributed by atoms with Gasteiger partial charge in [-0.1, -0.05) is 6.58 Å². The normalized spacial score (nSPS) is 12.6. The van der Waals surface area contributed by atoms with E-state index >= 15 is 0 Å². The average Bonchev–Trinajstić information content (AvgIpc) is 2.80. The fourth-order valence-electron chi connectivity index (χ4n) is 1.96. The maximum absolute atomic E-state index is 11.8. The van der Waals surface area contributed by atoms with Crippen molar-refractivity contribution >= 4 is 23.8 Å². The van der Waals surface area contributed by atoms with E-state index in [4.69, 9.17) is 4.74 Å². The molecule has 4 heteroatoms. The van der Waals surface area contributed by atoms with Crippen molar-refractivity contribution in [2.75, 3.05) is 7.11 Å². The molecule has 3 rings (SSSR count). The van der Waals surface area contributed by atoms with E-state index in [1.807, 2.05) is 17.5 Å². The minimum Gasteiger partial charge on any atom is -0.497 e. The van der Waals surface area contributed by atoms with Crippen LogP contribution in [0.3, 0.4) is 0 Å². The van der Waals surface area contributed by atoms with Crippen LogP contribution in [0.5, 0.6) is 5.75 Å². The van der Waals surface area contributed by atoms with Gasteiger partial charge in [-0.15, -0.1) is 11.3 Å². The van der Waals surface area contributed by atoms with Gasteiger partial charge in [0.05, 0.1) is 12.5 Å². The van der Waals surface area contributed by atoms with Crippen LogP contribution < -0.4 is 15.3 Å². The summed E-state index contributed by atoms with van der Waals surface area (Å²) in [5, 5.41) is 3.27. The van der Waals surface area contributed by atoms with Crippen molar-refractivity contribution in [2.24, 2.45) is 4.99 Å². The standard InChI is InChI=1S/C13H9NO2S/c1-7-5-8(16-2)6-10-9-3-4-17-12(9)13(15)14-11(7)10/h3-6H,1H2,2H3. The molecule has 0 saturated carbocycles. The Bertz CT molecular complexity index is 730. The minimum atomic E-state index is -0.183. The number of amides is 1. The Balaban J connectivity index is 2.45. The molecule has 1 aliphatic heterocycles. The zero-order chi connectivity index (χ0) is 12.0. The summed E-state index contributed by atoms with van der Waals surface area (Å²) in [5.41, 5.74) is 1.85. The molecule has 3 nitrogen and oxygen atoms in total. The molecule has 0 aliphatic carbocycles. The predicted molar refractivity (Wildman–Crippen MR) is 66.9 cm³/mol. The van der Waals surface area contributed by atoms with E-state index in [-0.39, 0.29) is 5.91 Å². The molecule has 0 fully saturated rings. The summed E-state index contributed by atoms with van der Waals surface area (Å²) in [6.45, 7) is 3.91. The fraction of sp³-hybridized carbons (Fsp3) is 0.0769. The molecule has 0 unspecified atom stereocenters. The topological polar surface area (TPSA) is 38.7 Å². The van der Waals surface area contributed by atoms with Crippen LogP contribution in [-0.2, 0) is 0 Å². The lowest BCUT2D eigenvalue weighted by Crippen LogP contribution is -2.29. The quantitative estimate of drug-likeness (QED) is 0.763. The van der Waals surface area contributed by atoms with Gasteiger partial charge in [0.2, 0.25) is 0 Å². The molecule has 84 valence electrons. The lowest BCUT2D eigenvalue weighted by Gasteiger charge is -2.10. The van der Waals surface area contributed by atoms with Crippen molar-refractivity contribution in [3.05, 3.63) is 39.0 Å². The molecule has 0 atom stereocenters. The minimum absolute atomic E-state index is 0.183. The van der Waals surface area contributed by atoms with Crippen LogP contribution in [0.1, 0.15) is 9.67 Å². The SMILES string of the molecule is C=c1cc(OC)cc2c1=NC(=O)c1sccc1-2. The largest absolute Gasteiger partial charge is 0.497 e. The van der Waals surface area contributed by atoms with Crippen molar-refractivity contribution in [2.45, 2.75) is 0 Å². The number of benzene rings is 1. The molecular formula is C13H9NO2S. The number of hydrogen-bond donors (Lipinski definition) is 0. The Hall–Kier alpha value is -1.94. The third kappa shape index (κ3) is 1.41. The molecule has 17 heavy (non-hydrogen) atoms. The van der Waals surface area contributed by atoms with Crippen LogP contribution in [0.15, 0.2) is 28.6 Å². The van der Waals surface area contributed by atoms with Gasteiger partial charge in [-0.25, -0.2) is 4.99 Å². The maximum Gasteiger partial charge on any atom is 0.288 e. The summed E-state index contributed by atoms with van der Waals surface area (Å²) in [7, 11) is 1.61. The molecule has 1 aliphatic rings. The number of ether oxygens (including phenoxy) is 1. The maximum atomic E-state index is 11.8. The second kappa shape index (κ2) is 3.53. The highest BCUT2D eigenvalue weighted by atomic mass is 32.1. The van der Waals surface area contributed by atoms with Gasteiger partial charge in [-0.2, -0.15) is 0 Å². The zero-order valence-electron chi connectivity index (χ0n) is 9.19. The van der Waals surface area contributed by atoms with Crippen LogP contribution in [0.4, 0.5) is 0 Å². The third-order valence-electron chi connectivity index (χ3n) is 2.76. The molecule has 1 aromatic heterocycles. The van der Waals surface area contributed by atoms with Gasteiger partial charge >= 0.3 is 0 Å². The lowest BCUT2D eigenvalue weighted by atomic mass is 10.0. The van der Waals surface area contributed by atoms with Gasteiger partial charge in [0, 0.05) is 11.1 Å². The Labute approximate surface area is 102 Å². The van der Waals surface area contributed by atoms with Gasteiger partial charge in [0.15, 0.2) is 0 Å². The number of carbonyl (C=O) groups is 1. The van der Waals surface area contributed by atoms with Crippen molar-refractivity contribution in [3.63, 3.8) is 0 Å². The summed E-state index contributed by atoms with van der Waals surface area (Å²) in [4.78, 5) is 16.6. The van der Waals surface area contributed by atoms with E-state index in [2.05, 4.69) is 11.6 Å². The van der Waals surface area contributed by atoms with E-state index in [1.165, 1.54) is 11.3 Å². The number of carbonyl (C=O) groups excluding carboxylic acids is 1. The summed E-state index contributed by atoms with van der Waals surface area (Å²) in [6, 6.07) is 5.61. The highest BCUT2D eigenvalue weighted by molar-refractivity contribution is 7.12. The zero-order valence-corrected chi connectivity index (χ0v) is 10.0. The molecule has 2 aromatic rings. The first-order valence-corrected chi connectivity index (χ1v) is 5.96. The van der Waals surface area contributed by atoms with Crippen LogP contribution >= 0.6 is 11.3 Å². The Kier molecular flexibility index (Phi) is 2.12. The summed E-state index contributed by atoms with van der Waals surface area (Å²) in [5.74, 6) is 0.549. The molecule has 1 amide bonds. The smallest absolute Gasteiger partial charge is 0.288 e. The van der Waals surface area contributed by atoms with E-state index in [1.54, 1.807) is 13.2 Å². The van der Waals surface area contributed by atoms with Gasteiger partial charge in [-0.3, -0.25) is 4.79 Å². The van der Waals surface area contributed by atoms with E-state index in [9.17, 15) is 4.79 Å². The summed E-state index contributed by atoms with van der Waals surface area (Å²) in [6.07, 6.45) is 0. The first-order valence-electron chi connectivity index (χ1n) is 5.08. The van der Waals surface area contributed by atoms with Gasteiger partial charge in [0.1, 0.15) is 10.6 Å². The number of fused-ring (bicyclic) bond motifs is 3. The van der Waals surface area contributed by atoms with Crippen molar-refractivity contribution < 1.29 is 9.53 Å². The number of hydrogen-bond acceptors (Lipinski definition) is 3. The first kappa shape index (κ1) is 10.2. The number of thiophene rings is 1. The van der Waals surface area contributed by atoms with Gasteiger partial charge in [0.25, 0.3) is 5.91 Å². The highest BCUT2D eigenvalue weighted by Gasteiger charge is 2.20. The third-order valence-corrected chi connectivity index (χ3v) is 3.66. The van der Waals surface area contributed by atoms with Crippen LogP contribution in [-0.4, -0.2) is 13.0 Å². The van der Waals surface area contributed by atoms with Crippen molar-refractivity contribution in [3.8, 4) is 16.9 Å². The van der Waals surface area contributed by atoms with Crippen molar-refractivity contribution in [1.82, 2.24) is 0 Å². The number of nitrogens with zero attached hydrogens (tertiary/aromatic N) is 1. The molecule has 2 heterocycles. The Morgan fingerprint density at radius 2 is 2.18 bits per heavy atom. The Morgan fingerprint density at radius 3 is 2.94 bits per heavy atom. The molecule has 0 spiro atoms. The fourth-order valence-corrected chi connectivity index (χ4v) is 2.75. The summed E-state index contributed by atoms with van der Waals surface area (Å²) < 4.78 is 5.22. The van der Waals surface area contributed by atoms with Gasteiger partial charge < -0.3 is 4.74 Å². The van der Waals surface area contributed by atoms with Gasteiger partial charge in [-0.05, 0) is 28.8 Å². The molecule has 0 saturated heterocycles. The molecular weight excluding hydrogens is 234 g/mol. The molecule has 0 radical (unpaired) electrons. The highest BCUT2D eigenvalue weighted by Crippen LogP contribution is 2.30. The first-order chi connectivity index (χ1) is 8.20. The lowest BCUT2D eigenvalue weighted by molar-refractivity contribution is 0.100. The number of methoxy groups -OCH3 is 1.